The highest BCUT2D eigenvalue weighted by molar-refractivity contribution is 7.99. The lowest BCUT2D eigenvalue weighted by atomic mass is 10.1. The van der Waals surface area contributed by atoms with Crippen molar-refractivity contribution >= 4 is 35.1 Å². The molecule has 2 rings (SSSR count). The van der Waals surface area contributed by atoms with Crippen molar-refractivity contribution in [2.24, 2.45) is 5.92 Å². The highest BCUT2D eigenvalue weighted by Crippen LogP contribution is 2.18. The van der Waals surface area contributed by atoms with E-state index in [4.69, 9.17) is 4.74 Å². The third kappa shape index (κ3) is 6.85. The molecule has 1 N–H and O–H groups in total. The van der Waals surface area contributed by atoms with Gasteiger partial charge in [-0.3, -0.25) is 14.4 Å². The third-order valence-electron chi connectivity index (χ3n) is 3.96. The number of esters is 1. The molecule has 0 spiro atoms. The lowest BCUT2D eigenvalue weighted by molar-refractivity contribution is -0.145. The Morgan fingerprint density at radius 2 is 1.61 bits per heavy atom. The van der Waals surface area contributed by atoms with Gasteiger partial charge < -0.3 is 10.1 Å². The number of carbonyl (C=O) groups is 3. The van der Waals surface area contributed by atoms with Crippen LogP contribution in [-0.4, -0.2) is 29.5 Å². The Labute approximate surface area is 169 Å². The van der Waals surface area contributed by atoms with Crippen LogP contribution in [0.1, 0.15) is 37.6 Å². The third-order valence-corrected chi connectivity index (χ3v) is 4.97. The summed E-state index contributed by atoms with van der Waals surface area (Å²) < 4.78 is 5.26. The van der Waals surface area contributed by atoms with E-state index in [2.05, 4.69) is 5.32 Å². The summed E-state index contributed by atoms with van der Waals surface area (Å²) in [5.74, 6) is -0.292. The summed E-state index contributed by atoms with van der Waals surface area (Å²) >= 11 is 1.57. The van der Waals surface area contributed by atoms with E-state index < -0.39 is 12.1 Å². The van der Waals surface area contributed by atoms with Crippen LogP contribution in [0.2, 0.25) is 0 Å². The summed E-state index contributed by atoms with van der Waals surface area (Å²) in [4.78, 5) is 37.2. The predicted molar refractivity (Wildman–Crippen MR) is 112 cm³/mol. The van der Waals surface area contributed by atoms with Crippen molar-refractivity contribution in [2.75, 3.05) is 11.1 Å². The fourth-order valence-corrected chi connectivity index (χ4v) is 3.17. The van der Waals surface area contributed by atoms with E-state index >= 15 is 0 Å². The van der Waals surface area contributed by atoms with E-state index in [9.17, 15) is 14.4 Å². The Morgan fingerprint density at radius 1 is 0.964 bits per heavy atom. The lowest BCUT2D eigenvalue weighted by Gasteiger charge is -2.13. The lowest BCUT2D eigenvalue weighted by Crippen LogP contribution is -2.24. The molecule has 148 valence electrons. The molecular weight excluding hydrogens is 374 g/mol. The van der Waals surface area contributed by atoms with E-state index in [1.807, 2.05) is 44.2 Å². The van der Waals surface area contributed by atoms with Crippen LogP contribution in [0.3, 0.4) is 0 Å². The minimum atomic E-state index is -0.856. The average Bonchev–Trinajstić information content (AvgIpc) is 2.68. The number of thioether (sulfide) groups is 1. The zero-order valence-electron chi connectivity index (χ0n) is 16.3. The number of rotatable bonds is 9. The number of ketones is 1. The van der Waals surface area contributed by atoms with E-state index in [-0.39, 0.29) is 24.0 Å². The maximum atomic E-state index is 12.4. The summed E-state index contributed by atoms with van der Waals surface area (Å²) in [7, 11) is 0. The van der Waals surface area contributed by atoms with E-state index in [0.29, 0.717) is 17.0 Å². The molecule has 0 aliphatic rings. The molecule has 5 nitrogen and oxygen atoms in total. The van der Waals surface area contributed by atoms with E-state index in [1.54, 1.807) is 43.0 Å². The van der Waals surface area contributed by atoms with Gasteiger partial charge in [0.1, 0.15) is 0 Å². The van der Waals surface area contributed by atoms with Gasteiger partial charge in [0, 0.05) is 27.8 Å². The Bertz CT molecular complexity index is 803. The Kier molecular flexibility index (Phi) is 8.26. The fraction of sp³-hybridized carbons (Fsp3) is 0.318. The second-order valence-electron chi connectivity index (χ2n) is 6.63. The normalized spacial score (nSPS) is 11.7. The van der Waals surface area contributed by atoms with Crippen molar-refractivity contribution in [2.45, 2.75) is 38.2 Å². The van der Waals surface area contributed by atoms with Crippen molar-refractivity contribution in [1.82, 2.24) is 0 Å². The number of amides is 1. The maximum Gasteiger partial charge on any atom is 0.307 e. The summed E-state index contributed by atoms with van der Waals surface area (Å²) in [5.41, 5.74) is 1.05. The molecule has 0 bridgehead atoms. The molecule has 28 heavy (non-hydrogen) atoms. The second kappa shape index (κ2) is 10.7. The molecule has 2 aromatic rings. The van der Waals surface area contributed by atoms with Gasteiger partial charge in [-0.15, -0.1) is 11.8 Å². The quantitative estimate of drug-likeness (QED) is 0.380. The monoisotopic (exact) mass is 399 g/mol. The van der Waals surface area contributed by atoms with Crippen molar-refractivity contribution in [3.05, 3.63) is 60.2 Å². The minimum Gasteiger partial charge on any atom is -0.454 e. The van der Waals surface area contributed by atoms with Crippen LogP contribution >= 0.6 is 11.8 Å². The molecule has 0 heterocycles. The number of hydrogen-bond acceptors (Lipinski definition) is 5. The number of benzene rings is 2. The Hall–Kier alpha value is -2.60. The SMILES string of the molecule is CC(C)C(=O)Nc1ccc(C(=O)C(C)OC(=O)CCSc2ccccc2)cc1. The molecule has 0 aliphatic carbocycles. The minimum absolute atomic E-state index is 0.0882. The van der Waals surface area contributed by atoms with Crippen LogP contribution in [0.5, 0.6) is 0 Å². The van der Waals surface area contributed by atoms with Gasteiger partial charge in [0.15, 0.2) is 6.10 Å². The standard InChI is InChI=1S/C22H25NO4S/c1-15(2)22(26)23-18-11-9-17(10-12-18)21(25)16(3)27-20(24)13-14-28-19-7-5-4-6-8-19/h4-12,15-16H,13-14H2,1-3H3,(H,23,26). The number of anilines is 1. The summed E-state index contributed by atoms with van der Waals surface area (Å²) in [6.07, 6.45) is -0.623. The van der Waals surface area contributed by atoms with Gasteiger partial charge in [0.2, 0.25) is 11.7 Å². The molecule has 6 heteroatoms. The van der Waals surface area contributed by atoms with Crippen molar-refractivity contribution < 1.29 is 19.1 Å². The van der Waals surface area contributed by atoms with Crippen LogP contribution in [0.15, 0.2) is 59.5 Å². The topological polar surface area (TPSA) is 72.5 Å². The smallest absolute Gasteiger partial charge is 0.307 e. The first-order valence-electron chi connectivity index (χ1n) is 9.19. The number of nitrogens with one attached hydrogen (secondary N) is 1. The van der Waals surface area contributed by atoms with Gasteiger partial charge in [-0.25, -0.2) is 0 Å². The summed E-state index contributed by atoms with van der Waals surface area (Å²) in [6, 6.07) is 16.4. The van der Waals surface area contributed by atoms with Crippen LogP contribution in [0, 0.1) is 5.92 Å². The molecule has 2 aromatic carbocycles. The maximum absolute atomic E-state index is 12.4. The van der Waals surface area contributed by atoms with E-state index in [1.165, 1.54) is 0 Å². The first-order valence-corrected chi connectivity index (χ1v) is 10.2. The molecule has 0 saturated heterocycles. The second-order valence-corrected chi connectivity index (χ2v) is 7.80. The highest BCUT2D eigenvalue weighted by Gasteiger charge is 2.19. The van der Waals surface area contributed by atoms with Crippen molar-refractivity contribution in [3.63, 3.8) is 0 Å². The number of Topliss-reactive ketones (excluding diaryl/α,β-unsaturated/α-hetero) is 1. The molecule has 0 aromatic heterocycles. The molecule has 0 saturated carbocycles. The Morgan fingerprint density at radius 3 is 2.21 bits per heavy atom. The van der Waals surface area contributed by atoms with Crippen LogP contribution in [-0.2, 0) is 14.3 Å². The molecule has 0 radical (unpaired) electrons. The first-order chi connectivity index (χ1) is 13.4. The van der Waals surface area contributed by atoms with Crippen molar-refractivity contribution in [1.29, 1.82) is 0 Å². The Balaban J connectivity index is 1.81. The van der Waals surface area contributed by atoms with E-state index in [0.717, 1.165) is 4.90 Å². The van der Waals surface area contributed by atoms with Gasteiger partial charge in [-0.2, -0.15) is 0 Å². The molecule has 1 unspecified atom stereocenters. The molecule has 1 amide bonds. The number of hydrogen-bond donors (Lipinski definition) is 1. The van der Waals surface area contributed by atoms with Crippen LogP contribution < -0.4 is 5.32 Å². The van der Waals surface area contributed by atoms with Gasteiger partial charge >= 0.3 is 5.97 Å². The van der Waals surface area contributed by atoms with Crippen molar-refractivity contribution in [3.8, 4) is 0 Å². The fourth-order valence-electron chi connectivity index (χ4n) is 2.32. The van der Waals surface area contributed by atoms with Gasteiger partial charge in [-0.1, -0.05) is 32.0 Å². The zero-order valence-corrected chi connectivity index (χ0v) is 17.1. The largest absolute Gasteiger partial charge is 0.454 e. The zero-order chi connectivity index (χ0) is 20.5. The average molecular weight is 400 g/mol. The molecule has 1 atom stereocenters. The number of carbonyl (C=O) groups excluding carboxylic acids is 3. The molecular formula is C22H25NO4S. The summed E-state index contributed by atoms with van der Waals surface area (Å²) in [5, 5.41) is 2.77. The first kappa shape index (κ1) is 21.7. The van der Waals surface area contributed by atoms with Gasteiger partial charge in [0.05, 0.1) is 6.42 Å². The molecule has 0 aliphatic heterocycles. The predicted octanol–water partition coefficient (Wildman–Crippen LogP) is 4.58. The molecule has 0 fully saturated rings. The highest BCUT2D eigenvalue weighted by atomic mass is 32.2. The van der Waals surface area contributed by atoms with Gasteiger partial charge in [-0.05, 0) is 43.3 Å². The van der Waals surface area contributed by atoms with Crippen LogP contribution in [0.4, 0.5) is 5.69 Å². The van der Waals surface area contributed by atoms with Gasteiger partial charge in [0.25, 0.3) is 0 Å². The summed E-state index contributed by atoms with van der Waals surface area (Å²) in [6.45, 7) is 5.18. The number of ether oxygens (including phenoxy) is 1. The van der Waals surface area contributed by atoms with Crippen LogP contribution in [0.25, 0.3) is 0 Å².